The van der Waals surface area contributed by atoms with E-state index in [-0.39, 0.29) is 12.5 Å². The predicted molar refractivity (Wildman–Crippen MR) is 109 cm³/mol. The highest BCUT2D eigenvalue weighted by atomic mass is 35.5. The van der Waals surface area contributed by atoms with Gasteiger partial charge in [0.2, 0.25) is 0 Å². The van der Waals surface area contributed by atoms with E-state index in [2.05, 4.69) is 14.9 Å². The Morgan fingerprint density at radius 2 is 1.88 bits per heavy atom. The third-order valence-electron chi connectivity index (χ3n) is 3.58. The van der Waals surface area contributed by atoms with Crippen molar-refractivity contribution in [3.63, 3.8) is 0 Å². The van der Waals surface area contributed by atoms with Gasteiger partial charge in [-0.15, -0.1) is 0 Å². The molecule has 1 amide bonds. The van der Waals surface area contributed by atoms with Gasteiger partial charge in [-0.25, -0.2) is 4.40 Å². The summed E-state index contributed by atoms with van der Waals surface area (Å²) >= 11 is 7.13. The summed E-state index contributed by atoms with van der Waals surface area (Å²) in [6.45, 7) is 2.09. The van der Waals surface area contributed by atoms with E-state index in [1.807, 2.05) is 49.6 Å². The normalized spacial score (nSPS) is 12.0. The van der Waals surface area contributed by atoms with Crippen molar-refractivity contribution in [2.24, 2.45) is 9.55 Å². The molecule has 0 bridgehead atoms. The predicted octanol–water partition coefficient (Wildman–Crippen LogP) is 4.09. The number of halogens is 1. The Hall–Kier alpha value is -2.31. The molecule has 0 atom stereocenters. The van der Waals surface area contributed by atoms with Crippen LogP contribution in [0, 0.1) is 0 Å². The molecule has 1 N–H and O–H groups in total. The smallest absolute Gasteiger partial charge is 0.270 e. The molecule has 0 heterocycles. The van der Waals surface area contributed by atoms with Crippen molar-refractivity contribution in [1.82, 2.24) is 5.32 Å². The molecule has 7 heteroatoms. The summed E-state index contributed by atoms with van der Waals surface area (Å²) in [5.74, 6) is -0.243. The molecule has 26 heavy (non-hydrogen) atoms. The molecule has 0 aliphatic carbocycles. The zero-order valence-corrected chi connectivity index (χ0v) is 16.4. The Morgan fingerprint density at radius 3 is 2.54 bits per heavy atom. The van der Waals surface area contributed by atoms with Crippen LogP contribution in [0.2, 0.25) is 5.02 Å². The van der Waals surface area contributed by atoms with E-state index in [1.165, 1.54) is 11.9 Å². The molecule has 136 valence electrons. The Labute approximate surface area is 162 Å². The third kappa shape index (κ3) is 5.34. The van der Waals surface area contributed by atoms with Crippen LogP contribution in [0.1, 0.15) is 23.6 Å². The number of carbonyl (C=O) groups excluding carboxylic acids is 1. The van der Waals surface area contributed by atoms with Crippen LogP contribution in [-0.2, 0) is 16.2 Å². The molecule has 0 aliphatic heterocycles. The summed E-state index contributed by atoms with van der Waals surface area (Å²) in [5, 5.41) is 7.44. The first-order valence-electron chi connectivity index (χ1n) is 7.90. The van der Waals surface area contributed by atoms with Crippen LogP contribution in [-0.4, -0.2) is 30.6 Å². The lowest BCUT2D eigenvalue weighted by Crippen LogP contribution is -2.29. The second-order valence-corrected chi connectivity index (χ2v) is 6.30. The Morgan fingerprint density at radius 1 is 1.19 bits per heavy atom. The molecular weight excluding hydrogens is 370 g/mol. The van der Waals surface area contributed by atoms with Gasteiger partial charge in [-0.1, -0.05) is 53.2 Å². The first-order valence-corrected chi connectivity index (χ1v) is 9.46. The van der Waals surface area contributed by atoms with Crippen LogP contribution in [0.3, 0.4) is 0 Å². The van der Waals surface area contributed by atoms with Gasteiger partial charge in [0.15, 0.2) is 0 Å². The Balaban J connectivity index is 2.17. The van der Waals surface area contributed by atoms with Gasteiger partial charge in [0.25, 0.3) is 5.91 Å². The fraction of sp³-hybridized carbons (Fsp3) is 0.211. The fourth-order valence-corrected chi connectivity index (χ4v) is 2.73. The fourth-order valence-electron chi connectivity index (χ4n) is 2.24. The molecule has 0 fully saturated rings. The van der Waals surface area contributed by atoms with Gasteiger partial charge >= 0.3 is 0 Å². The molecule has 2 rings (SSSR count). The molecule has 0 aromatic heterocycles. The van der Waals surface area contributed by atoms with Gasteiger partial charge in [0.1, 0.15) is 12.3 Å². The van der Waals surface area contributed by atoms with E-state index in [9.17, 15) is 4.79 Å². The minimum atomic E-state index is -0.243. The summed E-state index contributed by atoms with van der Waals surface area (Å²) in [4.78, 5) is 17.6. The number of likely N-dealkylation sites (N-methyl/N-ethyl adjacent to an activating group) is 1. The largest absolute Gasteiger partial charge is 0.391 e. The topological polar surface area (TPSA) is 63.0 Å². The average Bonchev–Trinajstić information content (AvgIpc) is 2.66. The van der Waals surface area contributed by atoms with E-state index in [4.69, 9.17) is 16.4 Å². The van der Waals surface area contributed by atoms with Crippen LogP contribution in [0.4, 0.5) is 0 Å². The molecular formula is C19H20ClN3O2S. The minimum absolute atomic E-state index is 0.228. The van der Waals surface area contributed by atoms with Crippen LogP contribution in [0.5, 0.6) is 0 Å². The number of amides is 1. The Kier molecular flexibility index (Phi) is 7.69. The molecule has 0 spiro atoms. The van der Waals surface area contributed by atoms with Crippen molar-refractivity contribution in [1.29, 1.82) is 0 Å². The summed E-state index contributed by atoms with van der Waals surface area (Å²) in [6, 6.07) is 14.9. The Bertz CT molecular complexity index is 820. The van der Waals surface area contributed by atoms with Gasteiger partial charge in [0, 0.05) is 29.5 Å². The van der Waals surface area contributed by atoms with Gasteiger partial charge < -0.3 is 10.2 Å². The molecule has 0 saturated carbocycles. The van der Waals surface area contributed by atoms with Crippen molar-refractivity contribution in [3.05, 3.63) is 70.2 Å². The molecule has 0 unspecified atom stereocenters. The standard InChI is InChI=1S/C19H20ClN3O2S/c1-13(14-8-10-16(20)11-9-14)22-25-12-15-6-4-5-7-17(15)18(23-26-3)19(24)21-2/h4-11H,12H2,1-3H3,(H,21,24)/b22-13-,23-18-. The number of nitrogens with one attached hydrogen (secondary N) is 1. The summed E-state index contributed by atoms with van der Waals surface area (Å²) in [7, 11) is 1.58. The van der Waals surface area contributed by atoms with E-state index in [0.29, 0.717) is 10.7 Å². The number of rotatable bonds is 7. The number of hydrogen-bond donors (Lipinski definition) is 1. The van der Waals surface area contributed by atoms with Crippen molar-refractivity contribution in [2.75, 3.05) is 13.3 Å². The highest BCUT2D eigenvalue weighted by Gasteiger charge is 2.16. The van der Waals surface area contributed by atoms with Crippen molar-refractivity contribution in [2.45, 2.75) is 13.5 Å². The average molecular weight is 390 g/mol. The number of nitrogens with zero attached hydrogens (tertiary/aromatic N) is 2. The maximum absolute atomic E-state index is 12.1. The van der Waals surface area contributed by atoms with Gasteiger partial charge in [-0.3, -0.25) is 4.79 Å². The lowest BCUT2D eigenvalue weighted by atomic mass is 10.0. The molecule has 0 radical (unpaired) electrons. The first-order chi connectivity index (χ1) is 12.6. The van der Waals surface area contributed by atoms with Crippen LogP contribution in [0.15, 0.2) is 58.1 Å². The van der Waals surface area contributed by atoms with Crippen molar-refractivity contribution in [3.8, 4) is 0 Å². The molecule has 0 aliphatic rings. The SMILES string of the molecule is CNC(=O)/C(=N\SC)c1ccccc1CO/N=C(/C)c1ccc(Cl)cc1. The van der Waals surface area contributed by atoms with Gasteiger partial charge in [0.05, 0.1) is 5.71 Å². The second kappa shape index (κ2) is 9.99. The van der Waals surface area contributed by atoms with Gasteiger partial charge in [-0.2, -0.15) is 0 Å². The van der Waals surface area contributed by atoms with Gasteiger partial charge in [-0.05, 0) is 36.6 Å². The first kappa shape index (κ1) is 20.0. The number of oxime groups is 1. The lowest BCUT2D eigenvalue weighted by molar-refractivity contribution is -0.114. The lowest BCUT2D eigenvalue weighted by Gasteiger charge is -2.10. The van der Waals surface area contributed by atoms with E-state index in [1.54, 1.807) is 19.2 Å². The minimum Gasteiger partial charge on any atom is -0.391 e. The second-order valence-electron chi connectivity index (χ2n) is 5.32. The maximum Gasteiger partial charge on any atom is 0.270 e. The van der Waals surface area contributed by atoms with E-state index in [0.717, 1.165) is 22.4 Å². The van der Waals surface area contributed by atoms with Crippen LogP contribution >= 0.6 is 23.5 Å². The van der Waals surface area contributed by atoms with Crippen molar-refractivity contribution < 1.29 is 9.63 Å². The summed E-state index contributed by atoms with van der Waals surface area (Å²) < 4.78 is 4.24. The number of benzene rings is 2. The number of carbonyl (C=O) groups is 1. The maximum atomic E-state index is 12.1. The van der Waals surface area contributed by atoms with Crippen molar-refractivity contribution >= 4 is 40.9 Å². The highest BCUT2D eigenvalue weighted by molar-refractivity contribution is 7.97. The van der Waals surface area contributed by atoms with Crippen LogP contribution < -0.4 is 5.32 Å². The van der Waals surface area contributed by atoms with E-state index >= 15 is 0 Å². The molecule has 0 saturated heterocycles. The molecule has 2 aromatic rings. The summed E-state index contributed by atoms with van der Waals surface area (Å²) in [5.41, 5.74) is 3.58. The molecule has 2 aromatic carbocycles. The third-order valence-corrected chi connectivity index (χ3v) is 4.20. The monoisotopic (exact) mass is 389 g/mol. The summed E-state index contributed by atoms with van der Waals surface area (Å²) in [6.07, 6.45) is 1.81. The quantitative estimate of drug-likeness (QED) is 0.440. The van der Waals surface area contributed by atoms with Crippen LogP contribution in [0.25, 0.3) is 0 Å². The molecule has 5 nitrogen and oxygen atoms in total. The number of hydrogen-bond acceptors (Lipinski definition) is 5. The zero-order valence-electron chi connectivity index (χ0n) is 14.8. The zero-order chi connectivity index (χ0) is 18.9. The van der Waals surface area contributed by atoms with E-state index < -0.39 is 0 Å². The highest BCUT2D eigenvalue weighted by Crippen LogP contribution is 2.15.